The van der Waals surface area contributed by atoms with Crippen LogP contribution in [0.1, 0.15) is 16.1 Å². The molecule has 6 nitrogen and oxygen atoms in total. The Labute approximate surface area is 138 Å². The molecule has 0 spiro atoms. The maximum absolute atomic E-state index is 12.2. The van der Waals surface area contributed by atoms with Gasteiger partial charge in [0.1, 0.15) is 0 Å². The summed E-state index contributed by atoms with van der Waals surface area (Å²) in [7, 11) is 3.89. The Morgan fingerprint density at radius 2 is 2.04 bits per heavy atom. The molecule has 0 aliphatic carbocycles. The number of rotatable bonds is 5. The molecular formula is C16H17N5OS. The summed E-state index contributed by atoms with van der Waals surface area (Å²) < 4.78 is 0. The number of hydrogen-bond donors (Lipinski definition) is 2. The highest BCUT2D eigenvalue weighted by atomic mass is 32.1. The molecular weight excluding hydrogens is 310 g/mol. The van der Waals surface area contributed by atoms with Crippen molar-refractivity contribution in [2.24, 2.45) is 0 Å². The lowest BCUT2D eigenvalue weighted by molar-refractivity contribution is 0.0950. The fourth-order valence-corrected chi connectivity index (χ4v) is 2.83. The number of hydrogen-bond acceptors (Lipinski definition) is 5. The van der Waals surface area contributed by atoms with Crippen LogP contribution in [0.15, 0.2) is 41.9 Å². The number of nitrogens with one attached hydrogen (secondary N) is 2. The van der Waals surface area contributed by atoms with E-state index in [1.54, 1.807) is 29.7 Å². The van der Waals surface area contributed by atoms with Crippen molar-refractivity contribution in [1.82, 2.24) is 20.5 Å². The first kappa shape index (κ1) is 15.2. The molecule has 0 saturated heterocycles. The highest BCUT2D eigenvalue weighted by Gasteiger charge is 2.08. The van der Waals surface area contributed by atoms with E-state index >= 15 is 0 Å². The molecule has 0 saturated carbocycles. The lowest BCUT2D eigenvalue weighted by Gasteiger charge is -2.06. The summed E-state index contributed by atoms with van der Waals surface area (Å²) in [6.45, 7) is 0.422. The normalized spacial score (nSPS) is 10.5. The summed E-state index contributed by atoms with van der Waals surface area (Å²) in [4.78, 5) is 18.6. The largest absolute Gasteiger partial charge is 0.354 e. The highest BCUT2D eigenvalue weighted by molar-refractivity contribution is 7.13. The van der Waals surface area contributed by atoms with E-state index in [1.807, 2.05) is 42.6 Å². The summed E-state index contributed by atoms with van der Waals surface area (Å²) in [5.41, 5.74) is 3.40. The minimum Gasteiger partial charge on any atom is -0.354 e. The van der Waals surface area contributed by atoms with Gasteiger partial charge in [0.2, 0.25) is 0 Å². The predicted molar refractivity (Wildman–Crippen MR) is 91.6 cm³/mol. The first-order valence-electron chi connectivity index (χ1n) is 7.13. The van der Waals surface area contributed by atoms with Crippen molar-refractivity contribution in [3.63, 3.8) is 0 Å². The van der Waals surface area contributed by atoms with Crippen LogP contribution in [0.25, 0.3) is 11.3 Å². The van der Waals surface area contributed by atoms with Gasteiger partial charge in [-0.2, -0.15) is 5.10 Å². The number of benzene rings is 1. The average molecular weight is 327 g/mol. The van der Waals surface area contributed by atoms with Crippen molar-refractivity contribution < 1.29 is 4.79 Å². The van der Waals surface area contributed by atoms with Crippen molar-refractivity contribution in [3.05, 3.63) is 53.2 Å². The maximum Gasteiger partial charge on any atom is 0.251 e. The smallest absolute Gasteiger partial charge is 0.251 e. The molecule has 118 valence electrons. The lowest BCUT2D eigenvalue weighted by Crippen LogP contribution is -2.23. The third-order valence-electron chi connectivity index (χ3n) is 3.31. The zero-order valence-corrected chi connectivity index (χ0v) is 13.7. The van der Waals surface area contributed by atoms with E-state index in [1.165, 1.54) is 0 Å². The molecule has 0 radical (unpaired) electrons. The number of nitrogens with zero attached hydrogens (tertiary/aromatic N) is 3. The number of amides is 1. The predicted octanol–water partition coefficient (Wildman–Crippen LogP) is 2.53. The summed E-state index contributed by atoms with van der Waals surface area (Å²) in [6, 6.07) is 9.29. The molecule has 0 fully saturated rings. The zero-order chi connectivity index (χ0) is 16.2. The number of aromatic nitrogens is 3. The molecule has 0 aliphatic rings. The molecule has 2 heterocycles. The molecule has 0 atom stereocenters. The summed E-state index contributed by atoms with van der Waals surface area (Å²) in [5, 5.41) is 12.6. The fourth-order valence-electron chi connectivity index (χ4n) is 2.07. The van der Waals surface area contributed by atoms with E-state index in [0.29, 0.717) is 12.1 Å². The zero-order valence-electron chi connectivity index (χ0n) is 12.9. The van der Waals surface area contributed by atoms with Gasteiger partial charge in [0.25, 0.3) is 5.91 Å². The van der Waals surface area contributed by atoms with Crippen LogP contribution in [0.3, 0.4) is 0 Å². The number of anilines is 1. The molecule has 2 N–H and O–H groups in total. The number of carbonyl (C=O) groups is 1. The second kappa shape index (κ2) is 6.62. The summed E-state index contributed by atoms with van der Waals surface area (Å²) >= 11 is 1.56. The van der Waals surface area contributed by atoms with E-state index in [0.717, 1.165) is 22.1 Å². The standard InChI is InChI=1S/C16H17N5OS/c1-21(2)16-19-13(10-23-16)9-17-15(22)12-5-3-11(4-6-12)14-7-8-18-20-14/h3-8,10H,9H2,1-2H3,(H,17,22)(H,18,20). The minimum absolute atomic E-state index is 0.111. The lowest BCUT2D eigenvalue weighted by atomic mass is 10.1. The van der Waals surface area contributed by atoms with E-state index in [9.17, 15) is 4.79 Å². The Balaban J connectivity index is 1.61. The Morgan fingerprint density at radius 1 is 1.26 bits per heavy atom. The fraction of sp³-hybridized carbons (Fsp3) is 0.188. The van der Waals surface area contributed by atoms with Gasteiger partial charge in [-0.05, 0) is 23.8 Å². The van der Waals surface area contributed by atoms with Gasteiger partial charge in [-0.25, -0.2) is 4.98 Å². The number of carbonyl (C=O) groups excluding carboxylic acids is 1. The van der Waals surface area contributed by atoms with Crippen LogP contribution in [0.2, 0.25) is 0 Å². The molecule has 3 aromatic rings. The molecule has 23 heavy (non-hydrogen) atoms. The molecule has 7 heteroatoms. The van der Waals surface area contributed by atoms with E-state index in [-0.39, 0.29) is 5.91 Å². The van der Waals surface area contributed by atoms with Gasteiger partial charge in [-0.3, -0.25) is 9.89 Å². The van der Waals surface area contributed by atoms with Crippen LogP contribution in [0.5, 0.6) is 0 Å². The van der Waals surface area contributed by atoms with Gasteiger partial charge < -0.3 is 10.2 Å². The van der Waals surface area contributed by atoms with E-state index < -0.39 is 0 Å². The van der Waals surface area contributed by atoms with Crippen LogP contribution in [-0.2, 0) is 6.54 Å². The average Bonchev–Trinajstić information content (AvgIpc) is 3.24. The Morgan fingerprint density at radius 3 is 2.65 bits per heavy atom. The molecule has 1 amide bonds. The van der Waals surface area contributed by atoms with Crippen molar-refractivity contribution in [2.45, 2.75) is 6.54 Å². The monoisotopic (exact) mass is 327 g/mol. The van der Waals surface area contributed by atoms with Crippen molar-refractivity contribution in [3.8, 4) is 11.3 Å². The third kappa shape index (κ3) is 3.57. The van der Waals surface area contributed by atoms with Crippen molar-refractivity contribution >= 4 is 22.4 Å². The van der Waals surface area contributed by atoms with Crippen LogP contribution in [0, 0.1) is 0 Å². The second-order valence-electron chi connectivity index (χ2n) is 5.25. The molecule has 3 rings (SSSR count). The molecule has 0 unspecified atom stereocenters. The molecule has 0 aliphatic heterocycles. The Kier molecular flexibility index (Phi) is 4.38. The quantitative estimate of drug-likeness (QED) is 0.755. The van der Waals surface area contributed by atoms with Crippen LogP contribution in [0.4, 0.5) is 5.13 Å². The first-order chi connectivity index (χ1) is 11.1. The Bertz CT molecular complexity index is 777. The van der Waals surface area contributed by atoms with Gasteiger partial charge in [0.15, 0.2) is 5.13 Å². The van der Waals surface area contributed by atoms with Gasteiger partial charge in [-0.15, -0.1) is 11.3 Å². The molecule has 2 aromatic heterocycles. The molecule has 1 aromatic carbocycles. The van der Waals surface area contributed by atoms with Crippen LogP contribution >= 0.6 is 11.3 Å². The number of H-pyrrole nitrogens is 1. The third-order valence-corrected chi connectivity index (χ3v) is 4.37. The van der Waals surface area contributed by atoms with Crippen molar-refractivity contribution in [1.29, 1.82) is 0 Å². The summed E-state index contributed by atoms with van der Waals surface area (Å²) in [6.07, 6.45) is 1.70. The first-order valence-corrected chi connectivity index (χ1v) is 8.01. The van der Waals surface area contributed by atoms with Gasteiger partial charge in [0, 0.05) is 31.2 Å². The topological polar surface area (TPSA) is 73.9 Å². The highest BCUT2D eigenvalue weighted by Crippen LogP contribution is 2.18. The second-order valence-corrected chi connectivity index (χ2v) is 6.08. The molecule has 0 bridgehead atoms. The summed E-state index contributed by atoms with van der Waals surface area (Å²) in [5.74, 6) is -0.111. The maximum atomic E-state index is 12.2. The van der Waals surface area contributed by atoms with E-state index in [4.69, 9.17) is 0 Å². The Hall–Kier alpha value is -2.67. The SMILES string of the molecule is CN(C)c1nc(CNC(=O)c2ccc(-c3ccn[nH]3)cc2)cs1. The van der Waals surface area contributed by atoms with Crippen LogP contribution in [-0.4, -0.2) is 35.2 Å². The van der Waals surface area contributed by atoms with Gasteiger partial charge in [-0.1, -0.05) is 12.1 Å². The van der Waals surface area contributed by atoms with Crippen LogP contribution < -0.4 is 10.2 Å². The minimum atomic E-state index is -0.111. The van der Waals surface area contributed by atoms with Gasteiger partial charge in [0.05, 0.1) is 17.9 Å². The number of thiazole rings is 1. The number of aromatic amines is 1. The van der Waals surface area contributed by atoms with E-state index in [2.05, 4.69) is 20.5 Å². The van der Waals surface area contributed by atoms with Gasteiger partial charge >= 0.3 is 0 Å². The van der Waals surface area contributed by atoms with Crippen molar-refractivity contribution in [2.75, 3.05) is 19.0 Å².